The highest BCUT2D eigenvalue weighted by Gasteiger charge is 2.27. The lowest BCUT2D eigenvalue weighted by molar-refractivity contribution is 0.913. The Labute approximate surface area is 110 Å². The van der Waals surface area contributed by atoms with E-state index < -0.39 is 0 Å². The number of benzene rings is 2. The Morgan fingerprint density at radius 3 is 2.71 bits per heavy atom. The Balaban J connectivity index is 1.99. The van der Waals surface area contributed by atoms with Crippen LogP contribution < -0.4 is 4.90 Å². The zero-order valence-electron chi connectivity index (χ0n) is 9.43. The summed E-state index contributed by atoms with van der Waals surface area (Å²) in [5, 5.41) is 1.12. The number of rotatable bonds is 1. The molecule has 1 heterocycles. The zero-order valence-corrected chi connectivity index (χ0v) is 11.0. The highest BCUT2D eigenvalue weighted by Crippen LogP contribution is 2.50. The van der Waals surface area contributed by atoms with Gasteiger partial charge in [0.05, 0.1) is 5.69 Å². The van der Waals surface area contributed by atoms with Crippen molar-refractivity contribution < 1.29 is 0 Å². The summed E-state index contributed by atoms with van der Waals surface area (Å²) >= 11 is 7.93. The van der Waals surface area contributed by atoms with Crippen LogP contribution in [0.3, 0.4) is 0 Å². The minimum atomic E-state index is 0.325. The number of halogens is 1. The Morgan fingerprint density at radius 2 is 1.94 bits per heavy atom. The molecular formula is C14H12ClNS. The maximum Gasteiger partial charge on any atom is 0.105 e. The third-order valence-electron chi connectivity index (χ3n) is 2.97. The molecule has 3 heteroatoms. The molecule has 1 aliphatic heterocycles. The molecule has 1 aliphatic rings. The quantitative estimate of drug-likeness (QED) is 0.739. The van der Waals surface area contributed by atoms with E-state index in [-0.39, 0.29) is 0 Å². The molecule has 2 aromatic rings. The van der Waals surface area contributed by atoms with Crippen LogP contribution in [0, 0.1) is 0 Å². The molecule has 0 amide bonds. The van der Waals surface area contributed by atoms with Crippen molar-refractivity contribution in [1.82, 2.24) is 0 Å². The number of hydrogen-bond donors (Lipinski definition) is 0. The first-order chi connectivity index (χ1) is 8.25. The van der Waals surface area contributed by atoms with Gasteiger partial charge in [-0.15, -0.1) is 0 Å². The minimum Gasteiger partial charge on any atom is -0.357 e. The summed E-state index contributed by atoms with van der Waals surface area (Å²) in [7, 11) is 2.13. The molecule has 0 radical (unpaired) electrons. The topological polar surface area (TPSA) is 3.24 Å². The molecule has 17 heavy (non-hydrogen) atoms. The third-order valence-corrected chi connectivity index (χ3v) is 4.62. The van der Waals surface area contributed by atoms with Gasteiger partial charge in [0.1, 0.15) is 5.37 Å². The highest BCUT2D eigenvalue weighted by atomic mass is 35.5. The van der Waals surface area contributed by atoms with Crippen LogP contribution >= 0.6 is 23.4 Å². The van der Waals surface area contributed by atoms with E-state index >= 15 is 0 Å². The molecule has 1 unspecified atom stereocenters. The number of nitrogens with zero attached hydrogens (tertiary/aromatic N) is 1. The van der Waals surface area contributed by atoms with E-state index in [2.05, 4.69) is 42.3 Å². The van der Waals surface area contributed by atoms with Crippen LogP contribution in [0.5, 0.6) is 0 Å². The molecule has 1 atom stereocenters. The first-order valence-electron chi connectivity index (χ1n) is 5.50. The lowest BCUT2D eigenvalue weighted by Crippen LogP contribution is -2.16. The van der Waals surface area contributed by atoms with E-state index in [1.807, 2.05) is 30.0 Å². The van der Waals surface area contributed by atoms with Crippen LogP contribution in [0.25, 0.3) is 0 Å². The fraction of sp³-hybridized carbons (Fsp3) is 0.143. The summed E-state index contributed by atoms with van der Waals surface area (Å²) < 4.78 is 0. The molecule has 2 aromatic carbocycles. The Hall–Kier alpha value is -1.12. The van der Waals surface area contributed by atoms with Gasteiger partial charge >= 0.3 is 0 Å². The van der Waals surface area contributed by atoms with E-state index in [1.54, 1.807) is 0 Å². The van der Waals surface area contributed by atoms with Crippen molar-refractivity contribution in [2.45, 2.75) is 10.3 Å². The monoisotopic (exact) mass is 261 g/mol. The lowest BCUT2D eigenvalue weighted by atomic mass is 10.2. The second-order valence-corrected chi connectivity index (χ2v) is 5.66. The van der Waals surface area contributed by atoms with Crippen molar-refractivity contribution in [2.75, 3.05) is 11.9 Å². The van der Waals surface area contributed by atoms with E-state index in [0.29, 0.717) is 5.37 Å². The summed E-state index contributed by atoms with van der Waals surface area (Å²) in [5.74, 6) is 0. The predicted octanol–water partition coefficient (Wildman–Crippen LogP) is 4.58. The van der Waals surface area contributed by atoms with Crippen LogP contribution in [0.4, 0.5) is 5.69 Å². The second-order valence-electron chi connectivity index (χ2n) is 4.10. The van der Waals surface area contributed by atoms with Crippen molar-refractivity contribution in [2.24, 2.45) is 0 Å². The van der Waals surface area contributed by atoms with Gasteiger partial charge in [-0.05, 0) is 29.8 Å². The van der Waals surface area contributed by atoms with Crippen molar-refractivity contribution >= 4 is 29.1 Å². The lowest BCUT2D eigenvalue weighted by Gasteiger charge is -2.21. The van der Waals surface area contributed by atoms with Crippen molar-refractivity contribution in [3.8, 4) is 0 Å². The molecule has 0 aromatic heterocycles. The molecule has 0 spiro atoms. The maximum absolute atomic E-state index is 6.05. The summed E-state index contributed by atoms with van der Waals surface area (Å²) in [6.45, 7) is 0. The Kier molecular flexibility index (Phi) is 2.77. The van der Waals surface area contributed by atoms with Crippen LogP contribution in [0.15, 0.2) is 53.4 Å². The Bertz CT molecular complexity index is 555. The minimum absolute atomic E-state index is 0.325. The van der Waals surface area contributed by atoms with Gasteiger partial charge in [-0.3, -0.25) is 0 Å². The van der Waals surface area contributed by atoms with Crippen LogP contribution in [0.1, 0.15) is 10.9 Å². The largest absolute Gasteiger partial charge is 0.357 e. The molecule has 1 nitrogen and oxygen atoms in total. The molecule has 3 rings (SSSR count). The van der Waals surface area contributed by atoms with Crippen molar-refractivity contribution in [1.29, 1.82) is 0 Å². The van der Waals surface area contributed by atoms with Gasteiger partial charge in [0, 0.05) is 17.0 Å². The second kappa shape index (κ2) is 4.28. The number of hydrogen-bond acceptors (Lipinski definition) is 2. The van der Waals surface area contributed by atoms with Crippen LogP contribution in [0.2, 0.25) is 5.02 Å². The first kappa shape index (κ1) is 11.0. The van der Waals surface area contributed by atoms with Gasteiger partial charge in [0.2, 0.25) is 0 Å². The SMILES string of the molecule is CN1c2ccccc2SC1c1cccc(Cl)c1. The maximum atomic E-state index is 6.05. The Morgan fingerprint density at radius 1 is 1.12 bits per heavy atom. The molecule has 0 aliphatic carbocycles. The summed E-state index contributed by atoms with van der Waals surface area (Å²) in [6, 6.07) is 16.6. The van der Waals surface area contributed by atoms with E-state index in [1.165, 1.54) is 16.1 Å². The highest BCUT2D eigenvalue weighted by molar-refractivity contribution is 8.00. The van der Waals surface area contributed by atoms with Gasteiger partial charge in [-0.1, -0.05) is 47.6 Å². The molecule has 86 valence electrons. The number of fused-ring (bicyclic) bond motifs is 1. The van der Waals surface area contributed by atoms with Gasteiger partial charge < -0.3 is 4.90 Å². The number of para-hydroxylation sites is 1. The summed E-state index contributed by atoms with van der Waals surface area (Å²) in [4.78, 5) is 3.63. The van der Waals surface area contributed by atoms with Crippen LogP contribution in [-0.4, -0.2) is 7.05 Å². The van der Waals surface area contributed by atoms with Crippen LogP contribution in [-0.2, 0) is 0 Å². The summed E-state index contributed by atoms with van der Waals surface area (Å²) in [5.41, 5.74) is 2.55. The zero-order chi connectivity index (χ0) is 11.8. The molecule has 0 fully saturated rings. The third kappa shape index (κ3) is 1.92. The van der Waals surface area contributed by atoms with Crippen molar-refractivity contribution in [3.05, 3.63) is 59.1 Å². The molecular weight excluding hydrogens is 250 g/mol. The number of anilines is 1. The summed E-state index contributed by atoms with van der Waals surface area (Å²) in [6.07, 6.45) is 0. The van der Waals surface area contributed by atoms with Gasteiger partial charge in [-0.2, -0.15) is 0 Å². The molecule has 0 bridgehead atoms. The standard InChI is InChI=1S/C14H12ClNS/c1-16-12-7-2-3-8-13(12)17-14(16)10-5-4-6-11(15)9-10/h2-9,14H,1H3. The van der Waals surface area contributed by atoms with Gasteiger partial charge in [0.25, 0.3) is 0 Å². The molecule has 0 saturated carbocycles. The first-order valence-corrected chi connectivity index (χ1v) is 6.75. The van der Waals surface area contributed by atoms with Crippen molar-refractivity contribution in [3.63, 3.8) is 0 Å². The average Bonchev–Trinajstić information content (AvgIpc) is 2.68. The predicted molar refractivity (Wildman–Crippen MR) is 74.9 cm³/mol. The normalized spacial score (nSPS) is 18.2. The van der Waals surface area contributed by atoms with E-state index in [0.717, 1.165) is 5.02 Å². The van der Waals surface area contributed by atoms with Gasteiger partial charge in [0.15, 0.2) is 0 Å². The fourth-order valence-electron chi connectivity index (χ4n) is 2.13. The van der Waals surface area contributed by atoms with E-state index in [4.69, 9.17) is 11.6 Å². The smallest absolute Gasteiger partial charge is 0.105 e. The van der Waals surface area contributed by atoms with Gasteiger partial charge in [-0.25, -0.2) is 0 Å². The number of thioether (sulfide) groups is 1. The van der Waals surface area contributed by atoms with E-state index in [9.17, 15) is 0 Å². The fourth-order valence-corrected chi connectivity index (χ4v) is 3.61. The average molecular weight is 262 g/mol. The molecule has 0 saturated heterocycles. The molecule has 0 N–H and O–H groups in total.